The highest BCUT2D eigenvalue weighted by atomic mass is 35.5. The average molecular weight is 297 g/mol. The largest absolute Gasteiger partial charge is 0.310 e. The third-order valence-corrected chi connectivity index (χ3v) is 4.57. The first-order valence-corrected chi connectivity index (χ1v) is 7.62. The number of nitrogens with zero attached hydrogens (tertiary/aromatic N) is 1. The zero-order valence-corrected chi connectivity index (χ0v) is 12.5. The molecule has 1 atom stereocenters. The van der Waals surface area contributed by atoms with Gasteiger partial charge in [0.2, 0.25) is 0 Å². The maximum Gasteiger partial charge on any atom is 0.270 e. The van der Waals surface area contributed by atoms with Crippen molar-refractivity contribution in [3.8, 4) is 0 Å². The highest BCUT2D eigenvalue weighted by Crippen LogP contribution is 2.27. The van der Waals surface area contributed by atoms with E-state index in [4.69, 9.17) is 11.6 Å². The number of nitro groups is 1. The van der Waals surface area contributed by atoms with Gasteiger partial charge in [0.05, 0.1) is 9.95 Å². The molecule has 1 unspecified atom stereocenters. The van der Waals surface area contributed by atoms with Crippen LogP contribution in [0.1, 0.15) is 44.6 Å². The Morgan fingerprint density at radius 1 is 1.40 bits per heavy atom. The number of rotatable bonds is 5. The van der Waals surface area contributed by atoms with Crippen molar-refractivity contribution in [3.63, 3.8) is 0 Å². The summed E-state index contributed by atoms with van der Waals surface area (Å²) >= 11 is 6.10. The lowest BCUT2D eigenvalue weighted by Gasteiger charge is -2.28. The molecule has 1 aromatic carbocycles. The lowest BCUT2D eigenvalue weighted by molar-refractivity contribution is -0.384. The summed E-state index contributed by atoms with van der Waals surface area (Å²) in [6.45, 7) is 2.88. The molecule has 1 N–H and O–H groups in total. The first kappa shape index (κ1) is 15.3. The number of benzene rings is 1. The van der Waals surface area contributed by atoms with Crippen LogP contribution in [0.15, 0.2) is 18.2 Å². The minimum Gasteiger partial charge on any atom is -0.310 e. The molecule has 2 rings (SSSR count). The number of hydrogen-bond donors (Lipinski definition) is 1. The molecule has 1 fully saturated rings. The summed E-state index contributed by atoms with van der Waals surface area (Å²) in [6, 6.07) is 5.13. The van der Waals surface area contributed by atoms with Crippen molar-refractivity contribution in [3.05, 3.63) is 38.9 Å². The highest BCUT2D eigenvalue weighted by Gasteiger charge is 2.19. The molecule has 4 nitrogen and oxygen atoms in total. The zero-order valence-electron chi connectivity index (χ0n) is 11.8. The van der Waals surface area contributed by atoms with E-state index in [1.807, 2.05) is 0 Å². The molecule has 0 amide bonds. The van der Waals surface area contributed by atoms with Gasteiger partial charge in [-0.1, -0.05) is 30.9 Å². The van der Waals surface area contributed by atoms with Gasteiger partial charge in [-0.15, -0.1) is 0 Å². The van der Waals surface area contributed by atoms with Gasteiger partial charge < -0.3 is 5.32 Å². The number of nitrogens with one attached hydrogen (secondary N) is 1. The maximum atomic E-state index is 10.7. The third kappa shape index (κ3) is 3.93. The normalized spacial score (nSPS) is 17.9. The van der Waals surface area contributed by atoms with Crippen LogP contribution >= 0.6 is 11.6 Å². The molecule has 0 aliphatic heterocycles. The summed E-state index contributed by atoms with van der Waals surface area (Å²) in [5, 5.41) is 14.6. The van der Waals surface area contributed by atoms with Crippen LogP contribution in [-0.2, 0) is 6.54 Å². The van der Waals surface area contributed by atoms with E-state index >= 15 is 0 Å². The molecule has 1 aliphatic carbocycles. The number of non-ortho nitro benzene ring substituents is 1. The minimum absolute atomic E-state index is 0.0408. The van der Waals surface area contributed by atoms with Gasteiger partial charge in [0.25, 0.3) is 5.69 Å². The van der Waals surface area contributed by atoms with Crippen LogP contribution in [0.4, 0.5) is 5.69 Å². The Balaban J connectivity index is 1.91. The fourth-order valence-electron chi connectivity index (χ4n) is 2.86. The molecular formula is C15H21ClN2O2. The standard InChI is InChI=1S/C15H21ClN2O2/c1-11(12-5-3-2-4-6-12)17-10-13-7-8-14(18(19)20)9-15(13)16/h7-9,11-12,17H,2-6,10H2,1H3. The van der Waals surface area contributed by atoms with Crippen LogP contribution < -0.4 is 5.32 Å². The van der Waals surface area contributed by atoms with Crippen molar-refractivity contribution in [2.24, 2.45) is 5.92 Å². The molecule has 20 heavy (non-hydrogen) atoms. The molecule has 110 valence electrons. The topological polar surface area (TPSA) is 55.2 Å². The van der Waals surface area contributed by atoms with E-state index in [9.17, 15) is 10.1 Å². The predicted octanol–water partition coefficient (Wildman–Crippen LogP) is 4.31. The van der Waals surface area contributed by atoms with Crippen LogP contribution in [-0.4, -0.2) is 11.0 Å². The van der Waals surface area contributed by atoms with Crippen molar-refractivity contribution >= 4 is 17.3 Å². The van der Waals surface area contributed by atoms with Crippen molar-refractivity contribution in [2.75, 3.05) is 0 Å². The second-order valence-corrected chi connectivity index (χ2v) is 6.01. The summed E-state index contributed by atoms with van der Waals surface area (Å²) in [5.41, 5.74) is 0.957. The fraction of sp³-hybridized carbons (Fsp3) is 0.600. The van der Waals surface area contributed by atoms with Crippen LogP contribution in [0.3, 0.4) is 0 Å². The van der Waals surface area contributed by atoms with E-state index in [0.717, 1.165) is 11.5 Å². The number of halogens is 1. The Labute approximate surface area is 124 Å². The summed E-state index contributed by atoms with van der Waals surface area (Å²) < 4.78 is 0. The van der Waals surface area contributed by atoms with Crippen molar-refractivity contribution in [1.82, 2.24) is 5.32 Å². The first-order valence-electron chi connectivity index (χ1n) is 7.24. The van der Waals surface area contributed by atoms with E-state index in [0.29, 0.717) is 17.6 Å². The Morgan fingerprint density at radius 2 is 2.10 bits per heavy atom. The quantitative estimate of drug-likeness (QED) is 0.651. The molecule has 1 aromatic rings. The SMILES string of the molecule is CC(NCc1ccc([N+](=O)[O-])cc1Cl)C1CCCCC1. The van der Waals surface area contributed by atoms with Gasteiger partial charge in [0, 0.05) is 24.7 Å². The molecular weight excluding hydrogens is 276 g/mol. The Morgan fingerprint density at radius 3 is 2.70 bits per heavy atom. The van der Waals surface area contributed by atoms with Crippen LogP contribution in [0.25, 0.3) is 0 Å². The van der Waals surface area contributed by atoms with Gasteiger partial charge in [-0.2, -0.15) is 0 Å². The summed E-state index contributed by atoms with van der Waals surface area (Å²) in [5.74, 6) is 0.737. The van der Waals surface area contributed by atoms with Crippen molar-refractivity contribution in [2.45, 2.75) is 51.6 Å². The molecule has 0 saturated heterocycles. The summed E-state index contributed by atoms with van der Waals surface area (Å²) in [6.07, 6.45) is 6.60. The zero-order chi connectivity index (χ0) is 14.5. The summed E-state index contributed by atoms with van der Waals surface area (Å²) in [4.78, 5) is 10.2. The van der Waals surface area contributed by atoms with E-state index < -0.39 is 4.92 Å². The van der Waals surface area contributed by atoms with Gasteiger partial charge in [-0.3, -0.25) is 10.1 Å². The molecule has 0 bridgehead atoms. The molecule has 5 heteroatoms. The van der Waals surface area contributed by atoms with Gasteiger partial charge in [-0.25, -0.2) is 0 Å². The van der Waals surface area contributed by atoms with Crippen molar-refractivity contribution < 1.29 is 4.92 Å². The van der Waals surface area contributed by atoms with Crippen LogP contribution in [0.2, 0.25) is 5.02 Å². The van der Waals surface area contributed by atoms with Gasteiger partial charge in [0.15, 0.2) is 0 Å². The van der Waals surface area contributed by atoms with E-state index in [1.165, 1.54) is 44.2 Å². The average Bonchev–Trinajstić information content (AvgIpc) is 2.46. The molecule has 0 spiro atoms. The molecule has 0 heterocycles. The smallest absolute Gasteiger partial charge is 0.270 e. The summed E-state index contributed by atoms with van der Waals surface area (Å²) in [7, 11) is 0. The van der Waals surface area contributed by atoms with Gasteiger partial charge in [-0.05, 0) is 37.3 Å². The lowest BCUT2D eigenvalue weighted by atomic mass is 9.84. The molecule has 1 aliphatic rings. The second kappa shape index (κ2) is 7.04. The number of nitro benzene ring substituents is 1. The predicted molar refractivity (Wildman–Crippen MR) is 81.0 cm³/mol. The maximum absolute atomic E-state index is 10.7. The molecule has 1 saturated carbocycles. The minimum atomic E-state index is -0.423. The number of hydrogen-bond acceptors (Lipinski definition) is 3. The van der Waals surface area contributed by atoms with Crippen LogP contribution in [0.5, 0.6) is 0 Å². The van der Waals surface area contributed by atoms with E-state index in [-0.39, 0.29) is 5.69 Å². The monoisotopic (exact) mass is 296 g/mol. The Kier molecular flexibility index (Phi) is 5.38. The van der Waals surface area contributed by atoms with Gasteiger partial charge >= 0.3 is 0 Å². The highest BCUT2D eigenvalue weighted by molar-refractivity contribution is 6.31. The van der Waals surface area contributed by atoms with E-state index in [1.54, 1.807) is 6.07 Å². The fourth-order valence-corrected chi connectivity index (χ4v) is 3.11. The first-order chi connectivity index (χ1) is 9.58. The molecule has 0 aromatic heterocycles. The molecule has 0 radical (unpaired) electrons. The third-order valence-electron chi connectivity index (χ3n) is 4.22. The van der Waals surface area contributed by atoms with Crippen LogP contribution in [0, 0.1) is 16.0 Å². The Bertz CT molecular complexity index is 473. The van der Waals surface area contributed by atoms with Gasteiger partial charge in [0.1, 0.15) is 0 Å². The van der Waals surface area contributed by atoms with Crippen molar-refractivity contribution in [1.29, 1.82) is 0 Å². The lowest BCUT2D eigenvalue weighted by Crippen LogP contribution is -2.34. The van der Waals surface area contributed by atoms with E-state index in [2.05, 4.69) is 12.2 Å². The Hall–Kier alpha value is -1.13. The second-order valence-electron chi connectivity index (χ2n) is 5.60.